The Morgan fingerprint density at radius 1 is 1.17 bits per heavy atom. The molecular formula is C17H16N6. The zero-order valence-electron chi connectivity index (χ0n) is 12.7. The average molecular weight is 304 g/mol. The van der Waals surface area contributed by atoms with Crippen LogP contribution in [0.3, 0.4) is 0 Å². The number of pyridine rings is 1. The number of hydrogen-bond donors (Lipinski definition) is 2. The van der Waals surface area contributed by atoms with Crippen LogP contribution in [0.2, 0.25) is 0 Å². The predicted octanol–water partition coefficient (Wildman–Crippen LogP) is 2.11. The number of benzene rings is 1. The molecule has 3 aromatic heterocycles. The lowest BCUT2D eigenvalue weighted by Crippen LogP contribution is -2.27. The predicted molar refractivity (Wildman–Crippen MR) is 89.3 cm³/mol. The van der Waals surface area contributed by atoms with Gasteiger partial charge in [-0.15, -0.1) is 0 Å². The van der Waals surface area contributed by atoms with Crippen molar-refractivity contribution in [3.63, 3.8) is 0 Å². The number of nitrogens with zero attached hydrogens (tertiary/aromatic N) is 4. The molecule has 3 N–H and O–H groups in total. The largest absolute Gasteiger partial charge is 0.338 e. The topological polar surface area (TPSA) is 85.0 Å². The van der Waals surface area contributed by atoms with Crippen LogP contribution < -0.4 is 11.3 Å². The van der Waals surface area contributed by atoms with Crippen LogP contribution in [0.5, 0.6) is 0 Å². The van der Waals surface area contributed by atoms with Crippen molar-refractivity contribution in [2.45, 2.75) is 13.3 Å². The molecule has 0 aliphatic carbocycles. The van der Waals surface area contributed by atoms with Crippen molar-refractivity contribution >= 4 is 16.6 Å². The highest BCUT2D eigenvalue weighted by Crippen LogP contribution is 2.29. The van der Waals surface area contributed by atoms with Gasteiger partial charge in [-0.2, -0.15) is 5.10 Å². The number of nitrogens with one attached hydrogen (secondary N) is 1. The summed E-state index contributed by atoms with van der Waals surface area (Å²) in [6.45, 7) is 2.08. The van der Waals surface area contributed by atoms with E-state index in [2.05, 4.69) is 24.0 Å². The van der Waals surface area contributed by atoms with E-state index < -0.39 is 0 Å². The maximum Gasteiger partial charge on any atom is 0.163 e. The zero-order chi connectivity index (χ0) is 16.0. The van der Waals surface area contributed by atoms with Gasteiger partial charge in [-0.25, -0.2) is 9.50 Å². The summed E-state index contributed by atoms with van der Waals surface area (Å²) in [7, 11) is 0. The number of aromatic nitrogens is 4. The third-order valence-electron chi connectivity index (χ3n) is 4.06. The highest BCUT2D eigenvalue weighted by Gasteiger charge is 2.16. The van der Waals surface area contributed by atoms with Gasteiger partial charge in [-0.3, -0.25) is 10.1 Å². The van der Waals surface area contributed by atoms with Gasteiger partial charge in [0.1, 0.15) is 0 Å². The first-order valence-electron chi connectivity index (χ1n) is 7.47. The molecule has 0 saturated heterocycles. The zero-order valence-corrected chi connectivity index (χ0v) is 12.7. The van der Waals surface area contributed by atoms with Gasteiger partial charge in [0.2, 0.25) is 0 Å². The molecule has 6 heteroatoms. The van der Waals surface area contributed by atoms with Crippen molar-refractivity contribution in [3.8, 4) is 11.1 Å². The molecule has 4 aromatic rings. The smallest absolute Gasteiger partial charge is 0.163 e. The van der Waals surface area contributed by atoms with E-state index in [0.717, 1.165) is 34.4 Å². The first kappa shape index (κ1) is 13.5. The molecule has 0 aliphatic rings. The Morgan fingerprint density at radius 2 is 1.96 bits per heavy atom. The fourth-order valence-corrected chi connectivity index (χ4v) is 2.90. The van der Waals surface area contributed by atoms with Crippen LogP contribution in [0.1, 0.15) is 12.6 Å². The minimum Gasteiger partial charge on any atom is -0.338 e. The Kier molecular flexibility index (Phi) is 2.90. The average Bonchev–Trinajstić information content (AvgIpc) is 2.97. The van der Waals surface area contributed by atoms with Gasteiger partial charge in [0.05, 0.1) is 16.6 Å². The Morgan fingerprint density at radius 3 is 2.70 bits per heavy atom. The third kappa shape index (κ3) is 1.92. The monoisotopic (exact) mass is 304 g/mol. The number of rotatable bonds is 2. The second kappa shape index (κ2) is 4.95. The molecule has 0 atom stereocenters. The first-order valence-corrected chi connectivity index (χ1v) is 7.47. The van der Waals surface area contributed by atoms with E-state index in [0.29, 0.717) is 5.39 Å². The Bertz CT molecular complexity index is 1080. The second-order valence-electron chi connectivity index (χ2n) is 5.41. The number of aryl methyl sites for hydroxylation is 1. The lowest BCUT2D eigenvalue weighted by Gasteiger charge is -2.05. The first-order chi connectivity index (χ1) is 11.2. The number of fused-ring (bicyclic) bond motifs is 3. The van der Waals surface area contributed by atoms with Crippen LogP contribution in [0.15, 0.2) is 48.8 Å². The molecule has 3 heterocycles. The van der Waals surface area contributed by atoms with Crippen molar-refractivity contribution in [2.24, 2.45) is 0 Å². The molecule has 0 unspecified atom stereocenters. The highest BCUT2D eigenvalue weighted by atomic mass is 15.3. The lowest BCUT2D eigenvalue weighted by molar-refractivity contribution is 0.877. The Balaban J connectivity index is 2.15. The molecule has 1 aromatic carbocycles. The maximum atomic E-state index is 8.09. The van der Waals surface area contributed by atoms with E-state index in [4.69, 9.17) is 16.4 Å². The Labute approximate surface area is 132 Å². The van der Waals surface area contributed by atoms with Crippen molar-refractivity contribution in [1.82, 2.24) is 19.3 Å². The summed E-state index contributed by atoms with van der Waals surface area (Å²) in [6.07, 6.45) is 4.18. The fraction of sp³-hybridized carbons (Fsp3) is 0.118. The molecule has 0 bridgehead atoms. The summed E-state index contributed by atoms with van der Waals surface area (Å²) in [5.74, 6) is 5.75. The van der Waals surface area contributed by atoms with Crippen LogP contribution in [-0.2, 0) is 6.42 Å². The molecule has 6 nitrogen and oxygen atoms in total. The van der Waals surface area contributed by atoms with Gasteiger partial charge in [-0.05, 0) is 18.1 Å². The normalized spacial score (nSPS) is 11.3. The molecule has 0 saturated carbocycles. The van der Waals surface area contributed by atoms with Gasteiger partial charge >= 0.3 is 0 Å². The van der Waals surface area contributed by atoms with Crippen molar-refractivity contribution in [3.05, 3.63) is 60.0 Å². The van der Waals surface area contributed by atoms with E-state index in [1.54, 1.807) is 12.4 Å². The fourth-order valence-electron chi connectivity index (χ4n) is 2.90. The highest BCUT2D eigenvalue weighted by molar-refractivity contribution is 5.86. The van der Waals surface area contributed by atoms with Crippen LogP contribution >= 0.6 is 0 Å². The number of hydrogen-bond acceptors (Lipinski definition) is 4. The molecular weight excluding hydrogens is 288 g/mol. The minimum atomic E-state index is 0.215. The van der Waals surface area contributed by atoms with Gasteiger partial charge in [-0.1, -0.05) is 37.3 Å². The standard InChI is InChI=1S/C17H16N6/c1-2-13-15(11-6-4-3-5-7-11)17-20-10-12-14(23(17)21-13)8-9-22(19)16(12)18/h3-10,18H,2,19H2,1H3. The second-order valence-corrected chi connectivity index (χ2v) is 5.41. The molecule has 23 heavy (non-hydrogen) atoms. The molecule has 0 aliphatic heterocycles. The summed E-state index contributed by atoms with van der Waals surface area (Å²) in [5, 5.41) is 13.5. The van der Waals surface area contributed by atoms with Crippen molar-refractivity contribution in [1.29, 1.82) is 5.41 Å². The molecule has 0 amide bonds. The van der Waals surface area contributed by atoms with Gasteiger partial charge in [0, 0.05) is 18.0 Å². The summed E-state index contributed by atoms with van der Waals surface area (Å²) in [4.78, 5) is 4.57. The lowest BCUT2D eigenvalue weighted by atomic mass is 10.0. The van der Waals surface area contributed by atoms with Gasteiger partial charge in [0.25, 0.3) is 0 Å². The van der Waals surface area contributed by atoms with Crippen molar-refractivity contribution in [2.75, 3.05) is 5.84 Å². The Hall–Kier alpha value is -3.15. The molecule has 4 rings (SSSR count). The number of nitrogen functional groups attached to an aromatic ring is 1. The third-order valence-corrected chi connectivity index (χ3v) is 4.06. The molecule has 0 radical (unpaired) electrons. The van der Waals surface area contributed by atoms with Crippen LogP contribution in [0, 0.1) is 5.41 Å². The van der Waals surface area contributed by atoms with Crippen molar-refractivity contribution < 1.29 is 0 Å². The van der Waals surface area contributed by atoms with Crippen LogP contribution in [0.25, 0.3) is 27.7 Å². The summed E-state index contributed by atoms with van der Waals surface area (Å²) < 4.78 is 3.09. The van der Waals surface area contributed by atoms with Gasteiger partial charge in [0.15, 0.2) is 11.1 Å². The molecule has 0 fully saturated rings. The van der Waals surface area contributed by atoms with E-state index in [1.165, 1.54) is 4.68 Å². The van der Waals surface area contributed by atoms with Crippen LogP contribution in [-0.4, -0.2) is 19.3 Å². The maximum absolute atomic E-state index is 8.09. The summed E-state index contributed by atoms with van der Waals surface area (Å²) >= 11 is 0. The van der Waals surface area contributed by atoms with E-state index in [-0.39, 0.29) is 5.49 Å². The minimum absolute atomic E-state index is 0.215. The van der Waals surface area contributed by atoms with E-state index in [1.807, 2.05) is 28.8 Å². The summed E-state index contributed by atoms with van der Waals surface area (Å²) in [6, 6.07) is 12.0. The summed E-state index contributed by atoms with van der Waals surface area (Å²) in [5.41, 5.74) is 4.99. The van der Waals surface area contributed by atoms with E-state index >= 15 is 0 Å². The van der Waals surface area contributed by atoms with Gasteiger partial charge < -0.3 is 5.84 Å². The SMILES string of the molecule is CCc1nn2c(ncc3c(=N)n(N)ccc32)c1-c1ccccc1. The quantitative estimate of drug-likeness (QED) is 0.556. The number of nitrogens with two attached hydrogens (primary N) is 1. The molecule has 0 spiro atoms. The van der Waals surface area contributed by atoms with Crippen LogP contribution in [0.4, 0.5) is 0 Å². The molecule has 114 valence electrons. The van der Waals surface area contributed by atoms with E-state index in [9.17, 15) is 0 Å².